The van der Waals surface area contributed by atoms with Crippen molar-refractivity contribution in [3.05, 3.63) is 0 Å². The molecule has 0 atom stereocenters. The highest BCUT2D eigenvalue weighted by Gasteiger charge is 2.23. The lowest BCUT2D eigenvalue weighted by Crippen LogP contribution is -2.49. The van der Waals surface area contributed by atoms with Crippen LogP contribution in [0.2, 0.25) is 0 Å². The number of hydrogen-bond acceptors (Lipinski definition) is 2. The maximum atomic E-state index is 12.3. The Balaban J connectivity index is 1.70. The van der Waals surface area contributed by atoms with Crippen LogP contribution in [0.25, 0.3) is 0 Å². The molecule has 0 aromatic carbocycles. The molecule has 0 unspecified atom stereocenters. The minimum atomic E-state index is 0.175. The number of nitrogens with zero attached hydrogens (tertiary/aromatic N) is 2. The third-order valence-electron chi connectivity index (χ3n) is 4.43. The predicted molar refractivity (Wildman–Crippen MR) is 82.9 cm³/mol. The molecular weight excluding hydrogens is 250 g/mol. The van der Waals surface area contributed by atoms with Gasteiger partial charge in [0, 0.05) is 38.8 Å². The molecule has 0 spiro atoms. The van der Waals surface area contributed by atoms with Crippen LogP contribution in [0.3, 0.4) is 0 Å². The minimum absolute atomic E-state index is 0.175. The summed E-state index contributed by atoms with van der Waals surface area (Å²) in [6, 6.07) is 0.559. The third-order valence-corrected chi connectivity index (χ3v) is 4.43. The van der Waals surface area contributed by atoms with Crippen molar-refractivity contribution in [2.24, 2.45) is 5.92 Å². The molecule has 20 heavy (non-hydrogen) atoms. The summed E-state index contributed by atoms with van der Waals surface area (Å²) in [5, 5.41) is 3.25. The molecule has 116 valence electrons. The molecule has 0 aliphatic carbocycles. The molecule has 2 heterocycles. The number of rotatable bonds is 3. The largest absolute Gasteiger partial charge is 0.335 e. The van der Waals surface area contributed by atoms with Crippen LogP contribution in [0, 0.1) is 5.92 Å². The Morgan fingerprint density at radius 1 is 1.05 bits per heavy atom. The van der Waals surface area contributed by atoms with Crippen LogP contribution in [-0.2, 0) is 0 Å². The van der Waals surface area contributed by atoms with Crippen molar-refractivity contribution in [1.29, 1.82) is 0 Å². The van der Waals surface area contributed by atoms with E-state index in [1.54, 1.807) is 0 Å². The van der Waals surface area contributed by atoms with Crippen LogP contribution in [-0.4, -0.2) is 54.6 Å². The summed E-state index contributed by atoms with van der Waals surface area (Å²) in [5.74, 6) is 0.734. The van der Waals surface area contributed by atoms with Crippen LogP contribution in [0.4, 0.5) is 4.79 Å². The average Bonchev–Trinajstić information content (AvgIpc) is 2.69. The van der Waals surface area contributed by atoms with Crippen molar-refractivity contribution in [1.82, 2.24) is 15.1 Å². The fourth-order valence-electron chi connectivity index (χ4n) is 3.32. The van der Waals surface area contributed by atoms with E-state index < -0.39 is 0 Å². The number of likely N-dealkylation sites (tertiary alicyclic amines) is 2. The monoisotopic (exact) mass is 281 g/mol. The Kier molecular flexibility index (Phi) is 6.14. The van der Waals surface area contributed by atoms with Gasteiger partial charge in [-0.2, -0.15) is 0 Å². The fraction of sp³-hybridized carbons (Fsp3) is 0.938. The Morgan fingerprint density at radius 3 is 2.20 bits per heavy atom. The topological polar surface area (TPSA) is 35.6 Å². The summed E-state index contributed by atoms with van der Waals surface area (Å²) in [6.45, 7) is 9.87. The molecule has 0 aromatic heterocycles. The molecule has 0 aromatic rings. The van der Waals surface area contributed by atoms with Crippen LogP contribution < -0.4 is 5.32 Å². The van der Waals surface area contributed by atoms with E-state index in [4.69, 9.17) is 0 Å². The molecule has 0 saturated carbocycles. The molecule has 4 heteroatoms. The van der Waals surface area contributed by atoms with Crippen molar-refractivity contribution in [3.63, 3.8) is 0 Å². The lowest BCUT2D eigenvalue weighted by atomic mass is 10.0. The average molecular weight is 281 g/mol. The van der Waals surface area contributed by atoms with Gasteiger partial charge >= 0.3 is 6.03 Å². The lowest BCUT2D eigenvalue weighted by molar-refractivity contribution is 0.165. The summed E-state index contributed by atoms with van der Waals surface area (Å²) in [6.07, 6.45) is 7.09. The SMILES string of the molecule is CC(C)CN1CCC(NC(=O)N2CCCCCC2)CC1. The molecule has 1 N–H and O–H groups in total. The number of piperidine rings is 1. The van der Waals surface area contributed by atoms with Gasteiger partial charge in [0.15, 0.2) is 0 Å². The van der Waals surface area contributed by atoms with Crippen molar-refractivity contribution in [2.45, 2.75) is 58.4 Å². The molecular formula is C16H31N3O. The highest BCUT2D eigenvalue weighted by atomic mass is 16.2. The predicted octanol–water partition coefficient (Wildman–Crippen LogP) is 2.69. The first-order valence-electron chi connectivity index (χ1n) is 8.43. The van der Waals surface area contributed by atoms with E-state index in [1.807, 2.05) is 4.90 Å². The minimum Gasteiger partial charge on any atom is -0.335 e. The van der Waals surface area contributed by atoms with Gasteiger partial charge in [-0.3, -0.25) is 0 Å². The summed E-state index contributed by atoms with van der Waals surface area (Å²) < 4.78 is 0. The van der Waals surface area contributed by atoms with Gasteiger partial charge in [0.1, 0.15) is 0 Å². The van der Waals surface area contributed by atoms with E-state index in [-0.39, 0.29) is 6.03 Å². The second kappa shape index (κ2) is 7.87. The number of carbonyl (C=O) groups excluding carboxylic acids is 1. The van der Waals surface area contributed by atoms with Gasteiger partial charge in [0.25, 0.3) is 0 Å². The lowest BCUT2D eigenvalue weighted by Gasteiger charge is -2.34. The zero-order valence-electron chi connectivity index (χ0n) is 13.2. The fourth-order valence-corrected chi connectivity index (χ4v) is 3.32. The van der Waals surface area contributed by atoms with Crippen LogP contribution in [0.5, 0.6) is 0 Å². The smallest absolute Gasteiger partial charge is 0.317 e. The van der Waals surface area contributed by atoms with Crippen LogP contribution in [0.15, 0.2) is 0 Å². The number of nitrogens with one attached hydrogen (secondary N) is 1. The summed E-state index contributed by atoms with van der Waals surface area (Å²) in [5.41, 5.74) is 0. The molecule has 2 rings (SSSR count). The van der Waals surface area contributed by atoms with E-state index in [9.17, 15) is 4.79 Å². The first-order chi connectivity index (χ1) is 9.65. The molecule has 2 aliphatic heterocycles. The number of carbonyl (C=O) groups is 1. The van der Waals surface area contributed by atoms with Gasteiger partial charge < -0.3 is 15.1 Å². The van der Waals surface area contributed by atoms with Gasteiger partial charge in [-0.15, -0.1) is 0 Å². The molecule has 2 fully saturated rings. The van der Waals surface area contributed by atoms with Crippen molar-refractivity contribution >= 4 is 6.03 Å². The second-order valence-electron chi connectivity index (χ2n) is 6.82. The van der Waals surface area contributed by atoms with E-state index in [2.05, 4.69) is 24.1 Å². The second-order valence-corrected chi connectivity index (χ2v) is 6.82. The molecule has 2 aliphatic rings. The van der Waals surface area contributed by atoms with E-state index in [0.29, 0.717) is 6.04 Å². The van der Waals surface area contributed by atoms with Gasteiger partial charge in [0.2, 0.25) is 0 Å². The molecule has 0 bridgehead atoms. The molecule has 0 radical (unpaired) electrons. The maximum Gasteiger partial charge on any atom is 0.317 e. The van der Waals surface area contributed by atoms with Gasteiger partial charge in [-0.1, -0.05) is 26.7 Å². The Hall–Kier alpha value is -0.770. The number of amides is 2. The van der Waals surface area contributed by atoms with Crippen molar-refractivity contribution in [3.8, 4) is 0 Å². The third kappa shape index (κ3) is 4.97. The van der Waals surface area contributed by atoms with Gasteiger partial charge in [-0.25, -0.2) is 4.79 Å². The van der Waals surface area contributed by atoms with Crippen molar-refractivity contribution < 1.29 is 4.79 Å². The van der Waals surface area contributed by atoms with E-state index >= 15 is 0 Å². The van der Waals surface area contributed by atoms with Gasteiger partial charge in [0.05, 0.1) is 0 Å². The first-order valence-corrected chi connectivity index (χ1v) is 8.43. The molecule has 4 nitrogen and oxygen atoms in total. The van der Waals surface area contributed by atoms with Crippen LogP contribution >= 0.6 is 0 Å². The summed E-state index contributed by atoms with van der Waals surface area (Å²) in [7, 11) is 0. The maximum absolute atomic E-state index is 12.3. The van der Waals surface area contributed by atoms with Crippen molar-refractivity contribution in [2.75, 3.05) is 32.7 Å². The Labute approximate surface area is 123 Å². The standard InChI is InChI=1S/C16H31N3O/c1-14(2)13-18-11-7-15(8-12-18)17-16(20)19-9-5-3-4-6-10-19/h14-15H,3-13H2,1-2H3,(H,17,20). The summed E-state index contributed by atoms with van der Waals surface area (Å²) in [4.78, 5) is 16.8. The summed E-state index contributed by atoms with van der Waals surface area (Å²) >= 11 is 0. The number of hydrogen-bond donors (Lipinski definition) is 1. The Morgan fingerprint density at radius 2 is 1.65 bits per heavy atom. The highest BCUT2D eigenvalue weighted by molar-refractivity contribution is 5.74. The molecule has 2 amide bonds. The first kappa shape index (κ1) is 15.6. The Bertz CT molecular complexity index is 290. The van der Waals surface area contributed by atoms with Crippen LogP contribution in [0.1, 0.15) is 52.4 Å². The molecule has 2 saturated heterocycles. The quantitative estimate of drug-likeness (QED) is 0.863. The zero-order valence-corrected chi connectivity index (χ0v) is 13.2. The van der Waals surface area contributed by atoms with E-state index in [1.165, 1.54) is 32.2 Å². The van der Waals surface area contributed by atoms with E-state index in [0.717, 1.165) is 44.9 Å². The zero-order chi connectivity index (χ0) is 14.4. The number of urea groups is 1. The highest BCUT2D eigenvalue weighted by Crippen LogP contribution is 2.14. The van der Waals surface area contributed by atoms with Gasteiger partial charge in [-0.05, 0) is 31.6 Å². The normalized spacial score (nSPS) is 22.9.